The summed E-state index contributed by atoms with van der Waals surface area (Å²) in [4.78, 5) is 12.9. The fourth-order valence-electron chi connectivity index (χ4n) is 4.70. The Kier molecular flexibility index (Phi) is 3.23. The summed E-state index contributed by atoms with van der Waals surface area (Å²) < 4.78 is 5.69. The van der Waals surface area contributed by atoms with E-state index in [1.807, 2.05) is 31.2 Å². The number of hydrogen-bond acceptors (Lipinski definition) is 4. The summed E-state index contributed by atoms with van der Waals surface area (Å²) in [5, 5.41) is 11.9. The highest BCUT2D eigenvalue weighted by atomic mass is 16.4. The molecule has 0 bridgehead atoms. The molecule has 1 unspecified atom stereocenters. The summed E-state index contributed by atoms with van der Waals surface area (Å²) in [5.41, 5.74) is 4.24. The summed E-state index contributed by atoms with van der Waals surface area (Å²) in [5.74, 6) is 1.39. The summed E-state index contributed by atoms with van der Waals surface area (Å²) in [6.07, 6.45) is 6.06. The van der Waals surface area contributed by atoms with Gasteiger partial charge in [-0.2, -0.15) is 5.10 Å². The second-order valence-corrected chi connectivity index (χ2v) is 7.29. The fraction of sp³-hybridized carbons (Fsp3) is 0.400. The van der Waals surface area contributed by atoms with Crippen LogP contribution >= 0.6 is 0 Å². The summed E-state index contributed by atoms with van der Waals surface area (Å²) >= 11 is 0. The Morgan fingerprint density at radius 2 is 1.92 bits per heavy atom. The largest absolute Gasteiger partial charge is 0.422 e. The number of nitrogens with one attached hydrogen (secondary N) is 2. The molecule has 0 spiro atoms. The van der Waals surface area contributed by atoms with Gasteiger partial charge in [-0.1, -0.05) is 31.4 Å². The van der Waals surface area contributed by atoms with Gasteiger partial charge in [-0.3, -0.25) is 5.10 Å². The van der Waals surface area contributed by atoms with Crippen molar-refractivity contribution in [1.29, 1.82) is 0 Å². The number of aromatic nitrogens is 2. The first-order valence-electron chi connectivity index (χ1n) is 9.11. The molecule has 0 radical (unpaired) electrons. The number of hydrogen-bond donors (Lipinski definition) is 2. The van der Waals surface area contributed by atoms with E-state index < -0.39 is 0 Å². The van der Waals surface area contributed by atoms with Crippen LogP contribution in [0.15, 0.2) is 33.5 Å². The first kappa shape index (κ1) is 14.8. The molecular weight excluding hydrogens is 314 g/mol. The normalized spacial score (nSPS) is 20.1. The van der Waals surface area contributed by atoms with Gasteiger partial charge in [0.15, 0.2) is 5.82 Å². The summed E-state index contributed by atoms with van der Waals surface area (Å²) in [6, 6.07) is 7.72. The lowest BCUT2D eigenvalue weighted by molar-refractivity contribution is 0.323. The van der Waals surface area contributed by atoms with Gasteiger partial charge in [0.1, 0.15) is 5.58 Å². The lowest BCUT2D eigenvalue weighted by atomic mass is 9.72. The van der Waals surface area contributed by atoms with E-state index in [9.17, 15) is 4.79 Å². The number of aromatic amines is 1. The first-order chi connectivity index (χ1) is 12.2. The van der Waals surface area contributed by atoms with Crippen LogP contribution in [0.3, 0.4) is 0 Å². The Hall–Kier alpha value is -2.56. The molecule has 5 nitrogen and oxygen atoms in total. The number of fused-ring (bicyclic) bond motifs is 4. The van der Waals surface area contributed by atoms with Crippen LogP contribution in [0.1, 0.15) is 54.8 Å². The van der Waals surface area contributed by atoms with Crippen LogP contribution < -0.4 is 10.9 Å². The lowest BCUT2D eigenvalue weighted by Gasteiger charge is -2.34. The van der Waals surface area contributed by atoms with E-state index in [0.717, 1.165) is 46.6 Å². The Morgan fingerprint density at radius 3 is 2.76 bits per heavy atom. The van der Waals surface area contributed by atoms with Gasteiger partial charge in [-0.25, -0.2) is 4.79 Å². The van der Waals surface area contributed by atoms with Gasteiger partial charge in [-0.05, 0) is 37.8 Å². The lowest BCUT2D eigenvalue weighted by Crippen LogP contribution is -2.28. The fourth-order valence-corrected chi connectivity index (χ4v) is 4.70. The number of H-pyrrole nitrogens is 1. The molecule has 128 valence electrons. The highest BCUT2D eigenvalue weighted by Gasteiger charge is 2.38. The number of aryl methyl sites for hydroxylation is 1. The topological polar surface area (TPSA) is 70.9 Å². The van der Waals surface area contributed by atoms with E-state index in [0.29, 0.717) is 11.5 Å². The highest BCUT2D eigenvalue weighted by molar-refractivity contribution is 5.95. The molecule has 1 saturated carbocycles. The molecule has 2 aromatic heterocycles. The second-order valence-electron chi connectivity index (χ2n) is 7.29. The van der Waals surface area contributed by atoms with Crippen molar-refractivity contribution in [3.05, 3.63) is 51.5 Å². The molecule has 1 atom stereocenters. The number of nitrogens with zero attached hydrogens (tertiary/aromatic N) is 1. The molecule has 2 N–H and O–H groups in total. The van der Waals surface area contributed by atoms with Crippen molar-refractivity contribution in [1.82, 2.24) is 10.2 Å². The Labute approximate surface area is 145 Å². The minimum absolute atomic E-state index is 0.0613. The van der Waals surface area contributed by atoms with Gasteiger partial charge in [0, 0.05) is 22.6 Å². The molecule has 3 aromatic rings. The summed E-state index contributed by atoms with van der Waals surface area (Å²) in [6.45, 7) is 2.04. The van der Waals surface area contributed by atoms with Gasteiger partial charge >= 0.3 is 5.63 Å². The van der Waals surface area contributed by atoms with Crippen molar-refractivity contribution in [2.75, 3.05) is 5.32 Å². The third-order valence-electron chi connectivity index (χ3n) is 5.83. The van der Waals surface area contributed by atoms with Crippen molar-refractivity contribution in [2.45, 2.75) is 44.9 Å². The van der Waals surface area contributed by atoms with E-state index in [1.165, 1.54) is 19.3 Å². The van der Waals surface area contributed by atoms with E-state index >= 15 is 0 Å². The Balaban J connectivity index is 1.80. The van der Waals surface area contributed by atoms with E-state index in [2.05, 4.69) is 15.5 Å². The molecule has 0 amide bonds. The number of benzene rings is 1. The van der Waals surface area contributed by atoms with Crippen LogP contribution in [-0.2, 0) is 0 Å². The molecule has 5 rings (SSSR count). The maximum absolute atomic E-state index is 12.9. The molecular formula is C20H21N3O2. The third kappa shape index (κ3) is 2.15. The monoisotopic (exact) mass is 335 g/mol. The number of rotatable bonds is 1. The van der Waals surface area contributed by atoms with Crippen LogP contribution in [0.25, 0.3) is 11.0 Å². The zero-order valence-corrected chi connectivity index (χ0v) is 14.3. The van der Waals surface area contributed by atoms with E-state index in [1.54, 1.807) is 0 Å². The molecule has 0 saturated heterocycles. The van der Waals surface area contributed by atoms with Crippen LogP contribution in [0.4, 0.5) is 11.5 Å². The van der Waals surface area contributed by atoms with Crippen molar-refractivity contribution >= 4 is 22.5 Å². The number of para-hydroxylation sites is 1. The molecule has 2 aliphatic rings. The molecule has 3 heterocycles. The van der Waals surface area contributed by atoms with Crippen LogP contribution in [-0.4, -0.2) is 10.2 Å². The maximum atomic E-state index is 12.9. The van der Waals surface area contributed by atoms with Gasteiger partial charge < -0.3 is 9.73 Å². The molecule has 5 heteroatoms. The molecule has 1 aliphatic carbocycles. The Morgan fingerprint density at radius 1 is 1.12 bits per heavy atom. The molecule has 1 fully saturated rings. The Bertz CT molecular complexity index is 1010. The van der Waals surface area contributed by atoms with Crippen molar-refractivity contribution in [3.63, 3.8) is 0 Å². The second kappa shape index (κ2) is 5.48. The summed E-state index contributed by atoms with van der Waals surface area (Å²) in [7, 11) is 0. The number of anilines is 2. The highest BCUT2D eigenvalue weighted by Crippen LogP contribution is 2.49. The smallest absolute Gasteiger partial charge is 0.342 e. The van der Waals surface area contributed by atoms with E-state index in [4.69, 9.17) is 4.42 Å². The van der Waals surface area contributed by atoms with Gasteiger partial charge in [0.25, 0.3) is 0 Å². The first-order valence-corrected chi connectivity index (χ1v) is 9.11. The zero-order chi connectivity index (χ0) is 17.0. The third-order valence-corrected chi connectivity index (χ3v) is 5.83. The SMILES string of the molecule is Cc1[nH]nc2c1C(C1CCCCC1)c1c(c3ccccc3oc1=O)N2. The minimum atomic E-state index is -0.219. The molecule has 1 aromatic carbocycles. The van der Waals surface area contributed by atoms with Crippen LogP contribution in [0.2, 0.25) is 0 Å². The average molecular weight is 335 g/mol. The van der Waals surface area contributed by atoms with E-state index in [-0.39, 0.29) is 11.5 Å². The van der Waals surface area contributed by atoms with Crippen LogP contribution in [0.5, 0.6) is 0 Å². The van der Waals surface area contributed by atoms with Crippen molar-refractivity contribution in [3.8, 4) is 0 Å². The maximum Gasteiger partial charge on any atom is 0.342 e. The van der Waals surface area contributed by atoms with Gasteiger partial charge in [0.2, 0.25) is 0 Å². The standard InChI is InChI=1S/C20H21N3O2/c1-11-15-16(12-7-3-2-4-8-12)17-18(21-19(15)23-22-11)13-9-5-6-10-14(13)25-20(17)24/h5-6,9-10,12,16H,2-4,7-8H2,1H3,(H2,21,22,23). The van der Waals surface area contributed by atoms with Crippen LogP contribution in [0, 0.1) is 12.8 Å². The minimum Gasteiger partial charge on any atom is -0.422 e. The quantitative estimate of drug-likeness (QED) is 0.638. The molecule has 1 aliphatic heterocycles. The predicted octanol–water partition coefficient (Wildman–Crippen LogP) is 4.59. The van der Waals surface area contributed by atoms with Gasteiger partial charge in [0.05, 0.1) is 11.3 Å². The van der Waals surface area contributed by atoms with Gasteiger partial charge in [-0.15, -0.1) is 0 Å². The predicted molar refractivity (Wildman–Crippen MR) is 97.5 cm³/mol. The zero-order valence-electron chi connectivity index (χ0n) is 14.3. The average Bonchev–Trinajstić information content (AvgIpc) is 3.02. The van der Waals surface area contributed by atoms with Crippen molar-refractivity contribution < 1.29 is 4.42 Å². The molecule has 25 heavy (non-hydrogen) atoms. The van der Waals surface area contributed by atoms with Crippen molar-refractivity contribution in [2.24, 2.45) is 5.92 Å².